The highest BCUT2D eigenvalue weighted by atomic mass is 79.9. The van der Waals surface area contributed by atoms with Crippen molar-refractivity contribution < 1.29 is 8.42 Å². The van der Waals surface area contributed by atoms with Crippen LogP contribution < -0.4 is 10.0 Å². The molecule has 0 saturated heterocycles. The molecule has 0 amide bonds. The van der Waals surface area contributed by atoms with Gasteiger partial charge in [-0.3, -0.25) is 0 Å². The molecule has 116 valence electrons. The average molecular weight is 409 g/mol. The van der Waals surface area contributed by atoms with Crippen molar-refractivity contribution >= 4 is 48.6 Å². The summed E-state index contributed by atoms with van der Waals surface area (Å²) in [6.45, 7) is 3.81. The first kappa shape index (κ1) is 17.1. The Labute approximate surface area is 141 Å². The van der Waals surface area contributed by atoms with Gasteiger partial charge >= 0.3 is 0 Å². The lowest BCUT2D eigenvalue weighted by atomic mass is 10.3. The molecular weight excluding hydrogens is 392 g/mol. The van der Waals surface area contributed by atoms with Crippen LogP contribution in [-0.4, -0.2) is 21.5 Å². The average Bonchev–Trinajstić information content (AvgIpc) is 3.05. The van der Waals surface area contributed by atoms with Gasteiger partial charge in [0.1, 0.15) is 0 Å². The third-order valence-electron chi connectivity index (χ3n) is 2.82. The van der Waals surface area contributed by atoms with Gasteiger partial charge in [-0.25, -0.2) is 13.1 Å². The zero-order chi connectivity index (χ0) is 15.3. The van der Waals surface area contributed by atoms with Crippen LogP contribution in [0.5, 0.6) is 0 Å². The summed E-state index contributed by atoms with van der Waals surface area (Å²) >= 11 is 6.49. The van der Waals surface area contributed by atoms with E-state index in [0.29, 0.717) is 24.4 Å². The molecule has 2 rings (SSSR count). The molecule has 2 aromatic heterocycles. The molecule has 0 aliphatic heterocycles. The number of rotatable bonds is 8. The molecule has 0 saturated carbocycles. The van der Waals surface area contributed by atoms with Crippen LogP contribution in [0, 0.1) is 0 Å². The van der Waals surface area contributed by atoms with Gasteiger partial charge in [-0.15, -0.1) is 22.7 Å². The second kappa shape index (κ2) is 7.85. The van der Waals surface area contributed by atoms with E-state index in [1.54, 1.807) is 17.4 Å². The van der Waals surface area contributed by atoms with E-state index in [1.165, 1.54) is 11.3 Å². The van der Waals surface area contributed by atoms with E-state index in [2.05, 4.69) is 26.0 Å². The highest BCUT2D eigenvalue weighted by Gasteiger charge is 2.19. The van der Waals surface area contributed by atoms with Crippen molar-refractivity contribution in [3.8, 4) is 0 Å². The minimum absolute atomic E-state index is 0.390. The van der Waals surface area contributed by atoms with Crippen molar-refractivity contribution in [2.45, 2.75) is 24.8 Å². The lowest BCUT2D eigenvalue weighted by Crippen LogP contribution is -2.26. The Hall–Kier alpha value is -0.250. The van der Waals surface area contributed by atoms with Crippen LogP contribution in [0.25, 0.3) is 0 Å². The fourth-order valence-corrected chi connectivity index (χ4v) is 5.73. The monoisotopic (exact) mass is 408 g/mol. The summed E-state index contributed by atoms with van der Waals surface area (Å²) in [5, 5.41) is 4.98. The van der Waals surface area contributed by atoms with E-state index in [1.807, 2.05) is 24.4 Å². The molecule has 4 nitrogen and oxygen atoms in total. The van der Waals surface area contributed by atoms with Gasteiger partial charge < -0.3 is 5.32 Å². The van der Waals surface area contributed by atoms with Crippen LogP contribution in [-0.2, 0) is 23.0 Å². The van der Waals surface area contributed by atoms with Gasteiger partial charge in [-0.1, -0.05) is 6.92 Å². The minimum Gasteiger partial charge on any atom is -0.312 e. The molecule has 0 aromatic carbocycles. The summed E-state index contributed by atoms with van der Waals surface area (Å²) in [7, 11) is -3.43. The minimum atomic E-state index is -3.43. The number of hydrogen-bond acceptors (Lipinski definition) is 5. The first-order chi connectivity index (χ1) is 10.0. The predicted octanol–water partition coefficient (Wildman–Crippen LogP) is 3.20. The Morgan fingerprint density at radius 2 is 2.10 bits per heavy atom. The Bertz CT molecular complexity index is 679. The Morgan fingerprint density at radius 1 is 1.29 bits per heavy atom. The third-order valence-corrected chi connectivity index (χ3v) is 7.10. The zero-order valence-electron chi connectivity index (χ0n) is 11.6. The van der Waals surface area contributed by atoms with Crippen molar-refractivity contribution in [3.05, 3.63) is 37.1 Å². The van der Waals surface area contributed by atoms with E-state index in [-0.39, 0.29) is 0 Å². The molecule has 0 aliphatic carbocycles. The zero-order valence-corrected chi connectivity index (χ0v) is 15.6. The van der Waals surface area contributed by atoms with Gasteiger partial charge in [0.25, 0.3) is 0 Å². The van der Waals surface area contributed by atoms with Crippen molar-refractivity contribution in [2.75, 3.05) is 13.1 Å². The van der Waals surface area contributed by atoms with Crippen molar-refractivity contribution in [1.29, 1.82) is 0 Å². The van der Waals surface area contributed by atoms with Crippen LogP contribution in [0.4, 0.5) is 0 Å². The fourth-order valence-electron chi connectivity index (χ4n) is 1.81. The summed E-state index contributed by atoms with van der Waals surface area (Å²) in [5.41, 5.74) is 0. The quantitative estimate of drug-likeness (QED) is 0.704. The SMILES string of the molecule is CCNCc1sccc1S(=O)(=O)NCCc1ccc(Br)s1. The second-order valence-corrected chi connectivity index (χ2v) is 9.63. The smallest absolute Gasteiger partial charge is 0.241 e. The third kappa shape index (κ3) is 4.87. The van der Waals surface area contributed by atoms with Gasteiger partial charge in [0, 0.05) is 22.8 Å². The molecule has 8 heteroatoms. The molecule has 2 heterocycles. The standard InChI is InChI=1S/C13H17BrN2O2S3/c1-2-15-9-11-12(6-8-19-11)21(17,18)16-7-5-10-3-4-13(14)20-10/h3-4,6,8,15-16H,2,5,7,9H2,1H3. The molecular formula is C13H17BrN2O2S3. The topological polar surface area (TPSA) is 58.2 Å². The molecule has 0 atom stereocenters. The first-order valence-corrected chi connectivity index (χ1v) is 10.5. The number of thiophene rings is 2. The Balaban J connectivity index is 1.96. The van der Waals surface area contributed by atoms with Gasteiger partial charge in [-0.2, -0.15) is 0 Å². The predicted molar refractivity (Wildman–Crippen MR) is 92.6 cm³/mol. The maximum atomic E-state index is 12.3. The van der Waals surface area contributed by atoms with Gasteiger partial charge in [0.15, 0.2) is 0 Å². The second-order valence-electron chi connectivity index (χ2n) is 4.34. The number of nitrogens with one attached hydrogen (secondary N) is 2. The van der Waals surface area contributed by atoms with Crippen LogP contribution in [0.3, 0.4) is 0 Å². The molecule has 0 aliphatic rings. The number of hydrogen-bond donors (Lipinski definition) is 2. The molecule has 2 N–H and O–H groups in total. The summed E-state index contributed by atoms with van der Waals surface area (Å²) in [4.78, 5) is 2.40. The highest BCUT2D eigenvalue weighted by Crippen LogP contribution is 2.23. The normalized spacial score (nSPS) is 11.9. The first-order valence-electron chi connectivity index (χ1n) is 6.54. The highest BCUT2D eigenvalue weighted by molar-refractivity contribution is 9.11. The number of halogens is 1. The molecule has 2 aromatic rings. The molecule has 0 bridgehead atoms. The van der Waals surface area contributed by atoms with Gasteiger partial charge in [0.05, 0.1) is 8.68 Å². The lowest BCUT2D eigenvalue weighted by Gasteiger charge is -2.07. The molecule has 0 unspecified atom stereocenters. The maximum Gasteiger partial charge on any atom is 0.241 e. The molecule has 0 fully saturated rings. The Kier molecular flexibility index (Phi) is 6.39. The van der Waals surface area contributed by atoms with E-state index in [4.69, 9.17) is 0 Å². The summed E-state index contributed by atoms with van der Waals surface area (Å²) in [6.07, 6.45) is 0.697. The molecule has 0 radical (unpaired) electrons. The van der Waals surface area contributed by atoms with Crippen molar-refractivity contribution in [1.82, 2.24) is 10.0 Å². The lowest BCUT2D eigenvalue weighted by molar-refractivity contribution is 0.580. The van der Waals surface area contributed by atoms with Crippen LogP contribution in [0.15, 0.2) is 32.3 Å². The van der Waals surface area contributed by atoms with Crippen LogP contribution >= 0.6 is 38.6 Å². The molecule has 0 spiro atoms. The van der Waals surface area contributed by atoms with Gasteiger partial charge in [0.2, 0.25) is 10.0 Å². The Morgan fingerprint density at radius 3 is 2.76 bits per heavy atom. The van der Waals surface area contributed by atoms with E-state index < -0.39 is 10.0 Å². The van der Waals surface area contributed by atoms with E-state index in [9.17, 15) is 8.42 Å². The number of sulfonamides is 1. The fraction of sp³-hybridized carbons (Fsp3) is 0.385. The largest absolute Gasteiger partial charge is 0.312 e. The summed E-state index contributed by atoms with van der Waals surface area (Å²) in [5.74, 6) is 0. The van der Waals surface area contributed by atoms with Crippen LogP contribution in [0.1, 0.15) is 16.7 Å². The van der Waals surface area contributed by atoms with E-state index >= 15 is 0 Å². The maximum absolute atomic E-state index is 12.3. The van der Waals surface area contributed by atoms with Crippen LogP contribution in [0.2, 0.25) is 0 Å². The molecule has 21 heavy (non-hydrogen) atoms. The summed E-state index contributed by atoms with van der Waals surface area (Å²) in [6, 6.07) is 5.65. The summed E-state index contributed by atoms with van der Waals surface area (Å²) < 4.78 is 28.4. The van der Waals surface area contributed by atoms with Crippen molar-refractivity contribution in [3.63, 3.8) is 0 Å². The van der Waals surface area contributed by atoms with Crippen molar-refractivity contribution in [2.24, 2.45) is 0 Å². The van der Waals surface area contributed by atoms with E-state index in [0.717, 1.165) is 20.1 Å². The van der Waals surface area contributed by atoms with Gasteiger partial charge in [-0.05, 0) is 52.5 Å².